The molecule has 0 amide bonds. The number of nitrogens with one attached hydrogen (secondary N) is 1. The third-order valence-corrected chi connectivity index (χ3v) is 6.86. The van der Waals surface area contributed by atoms with Crippen LogP contribution in [0.1, 0.15) is 21.6 Å². The lowest BCUT2D eigenvalue weighted by molar-refractivity contribution is 0.249. The third kappa shape index (κ3) is 3.41. The molecule has 1 aliphatic heterocycles. The van der Waals surface area contributed by atoms with Crippen LogP contribution in [-0.2, 0) is 26.1 Å². The molecule has 6 rings (SSSR count). The van der Waals surface area contributed by atoms with Crippen molar-refractivity contribution in [1.29, 1.82) is 0 Å². The summed E-state index contributed by atoms with van der Waals surface area (Å²) in [5.41, 5.74) is 3.87. The summed E-state index contributed by atoms with van der Waals surface area (Å²) in [5.74, 6) is 1.37. The normalized spacial score (nSPS) is 14.2. The van der Waals surface area contributed by atoms with Crippen LogP contribution in [0.25, 0.3) is 16.0 Å². The highest BCUT2D eigenvalue weighted by atomic mass is 32.1. The van der Waals surface area contributed by atoms with Crippen LogP contribution in [0.3, 0.4) is 0 Å². The standard InChI is InChI=1S/C22H20N8S/c1-2-4-16(5-3-1)13-29-11-8-17-18(14-29)31-21-19(17)20(25-22-26-27-28-30(21)22)24-12-15-6-9-23-10-7-15/h1-7,9-10H,8,11-14H2,(H,24,25,26,28). The molecule has 0 fully saturated rings. The van der Waals surface area contributed by atoms with Gasteiger partial charge in [-0.25, -0.2) is 0 Å². The van der Waals surface area contributed by atoms with E-state index in [0.29, 0.717) is 12.3 Å². The molecule has 0 aliphatic carbocycles. The first kappa shape index (κ1) is 18.3. The fourth-order valence-corrected chi connectivity index (χ4v) is 5.50. The highest BCUT2D eigenvalue weighted by Gasteiger charge is 2.25. The molecule has 5 heterocycles. The van der Waals surface area contributed by atoms with E-state index in [-0.39, 0.29) is 0 Å². The maximum absolute atomic E-state index is 4.74. The first-order valence-corrected chi connectivity index (χ1v) is 11.1. The number of aromatic nitrogens is 6. The van der Waals surface area contributed by atoms with Crippen LogP contribution < -0.4 is 5.32 Å². The largest absolute Gasteiger partial charge is 0.365 e. The number of fused-ring (bicyclic) bond motifs is 5. The van der Waals surface area contributed by atoms with Gasteiger partial charge < -0.3 is 5.32 Å². The molecule has 1 aromatic carbocycles. The van der Waals surface area contributed by atoms with Gasteiger partial charge in [0, 0.05) is 43.4 Å². The number of hydrogen-bond donors (Lipinski definition) is 1. The lowest BCUT2D eigenvalue weighted by Crippen LogP contribution is -2.29. The molecular formula is C22H20N8S. The molecule has 0 spiro atoms. The first-order valence-electron chi connectivity index (χ1n) is 10.3. The second-order valence-corrected chi connectivity index (χ2v) is 8.77. The zero-order valence-corrected chi connectivity index (χ0v) is 17.6. The van der Waals surface area contributed by atoms with Crippen molar-refractivity contribution >= 4 is 33.1 Å². The number of rotatable bonds is 5. The van der Waals surface area contributed by atoms with E-state index in [1.165, 1.54) is 16.0 Å². The Morgan fingerprint density at radius 2 is 1.90 bits per heavy atom. The van der Waals surface area contributed by atoms with Crippen molar-refractivity contribution in [2.45, 2.75) is 26.1 Å². The van der Waals surface area contributed by atoms with Gasteiger partial charge in [-0.3, -0.25) is 9.88 Å². The molecule has 0 saturated heterocycles. The second-order valence-electron chi connectivity index (χ2n) is 7.69. The van der Waals surface area contributed by atoms with Gasteiger partial charge in [0.05, 0.1) is 5.39 Å². The molecule has 0 bridgehead atoms. The van der Waals surface area contributed by atoms with Gasteiger partial charge in [-0.1, -0.05) is 35.4 Å². The second kappa shape index (κ2) is 7.68. The summed E-state index contributed by atoms with van der Waals surface area (Å²) >= 11 is 1.77. The van der Waals surface area contributed by atoms with Crippen molar-refractivity contribution < 1.29 is 0 Å². The van der Waals surface area contributed by atoms with Gasteiger partial charge in [-0.05, 0) is 45.7 Å². The van der Waals surface area contributed by atoms with Gasteiger partial charge in [-0.2, -0.15) is 9.50 Å². The lowest BCUT2D eigenvalue weighted by Gasteiger charge is -2.27. The van der Waals surface area contributed by atoms with E-state index in [0.717, 1.165) is 47.7 Å². The lowest BCUT2D eigenvalue weighted by atomic mass is 10.0. The molecule has 1 N–H and O–H groups in total. The molecule has 5 aromatic rings. The van der Waals surface area contributed by atoms with Gasteiger partial charge in [0.25, 0.3) is 5.78 Å². The van der Waals surface area contributed by atoms with Crippen LogP contribution in [0, 0.1) is 0 Å². The number of benzene rings is 1. The number of hydrogen-bond acceptors (Lipinski definition) is 8. The van der Waals surface area contributed by atoms with Crippen molar-refractivity contribution in [3.05, 3.63) is 76.4 Å². The topological polar surface area (TPSA) is 84.1 Å². The van der Waals surface area contributed by atoms with Crippen LogP contribution in [0.4, 0.5) is 5.82 Å². The number of anilines is 1. The van der Waals surface area contributed by atoms with Crippen molar-refractivity contribution in [2.75, 3.05) is 11.9 Å². The highest BCUT2D eigenvalue weighted by molar-refractivity contribution is 7.19. The Kier molecular flexibility index (Phi) is 4.54. The van der Waals surface area contributed by atoms with Crippen LogP contribution in [0.2, 0.25) is 0 Å². The third-order valence-electron chi connectivity index (χ3n) is 5.67. The van der Waals surface area contributed by atoms with E-state index >= 15 is 0 Å². The fourth-order valence-electron chi connectivity index (χ4n) is 4.17. The van der Waals surface area contributed by atoms with Gasteiger partial charge in [0.2, 0.25) is 0 Å². The summed E-state index contributed by atoms with van der Waals surface area (Å²) in [6, 6.07) is 14.7. The van der Waals surface area contributed by atoms with Crippen LogP contribution in [0.15, 0.2) is 54.9 Å². The fraction of sp³-hybridized carbons (Fsp3) is 0.227. The number of tetrazole rings is 1. The Bertz CT molecular complexity index is 1350. The predicted molar refractivity (Wildman–Crippen MR) is 120 cm³/mol. The number of nitrogens with zero attached hydrogens (tertiary/aromatic N) is 7. The Morgan fingerprint density at radius 1 is 1.03 bits per heavy atom. The van der Waals surface area contributed by atoms with Crippen LogP contribution >= 0.6 is 11.3 Å². The van der Waals surface area contributed by atoms with E-state index in [9.17, 15) is 0 Å². The minimum absolute atomic E-state index is 0.518. The molecule has 0 atom stereocenters. The summed E-state index contributed by atoms with van der Waals surface area (Å²) in [5, 5.41) is 16.8. The molecule has 0 radical (unpaired) electrons. The smallest absolute Gasteiger partial charge is 0.276 e. The van der Waals surface area contributed by atoms with Gasteiger partial charge >= 0.3 is 0 Å². The average Bonchev–Trinajstić information content (AvgIpc) is 3.43. The maximum atomic E-state index is 4.74. The Hall–Kier alpha value is -3.43. The summed E-state index contributed by atoms with van der Waals surface area (Å²) in [4.78, 5) is 13.8. The Balaban J connectivity index is 1.37. The van der Waals surface area contributed by atoms with Crippen LogP contribution in [0.5, 0.6) is 0 Å². The number of pyridine rings is 1. The molecule has 0 unspecified atom stereocenters. The number of thiophene rings is 1. The minimum atomic E-state index is 0.518. The zero-order valence-electron chi connectivity index (χ0n) is 16.8. The quantitative estimate of drug-likeness (QED) is 0.460. The van der Waals surface area contributed by atoms with Gasteiger partial charge in [-0.15, -0.1) is 11.3 Å². The predicted octanol–water partition coefficient (Wildman–Crippen LogP) is 3.30. The Morgan fingerprint density at radius 3 is 2.77 bits per heavy atom. The first-order chi connectivity index (χ1) is 15.3. The van der Waals surface area contributed by atoms with Gasteiger partial charge in [0.15, 0.2) is 0 Å². The average molecular weight is 429 g/mol. The Labute approximate surface area is 182 Å². The van der Waals surface area contributed by atoms with Crippen molar-refractivity contribution in [3.63, 3.8) is 0 Å². The molecule has 8 nitrogen and oxygen atoms in total. The zero-order chi connectivity index (χ0) is 20.6. The monoisotopic (exact) mass is 428 g/mol. The summed E-state index contributed by atoms with van der Waals surface area (Å²) < 4.78 is 1.76. The molecule has 154 valence electrons. The molecule has 9 heteroatoms. The highest BCUT2D eigenvalue weighted by Crippen LogP contribution is 2.38. The van der Waals surface area contributed by atoms with Gasteiger partial charge in [0.1, 0.15) is 10.6 Å². The van der Waals surface area contributed by atoms with E-state index in [2.05, 4.69) is 61.1 Å². The molecule has 4 aromatic heterocycles. The van der Waals surface area contributed by atoms with E-state index < -0.39 is 0 Å². The molecular weight excluding hydrogens is 408 g/mol. The van der Waals surface area contributed by atoms with Crippen molar-refractivity contribution in [1.82, 2.24) is 34.9 Å². The van der Waals surface area contributed by atoms with Crippen molar-refractivity contribution in [3.8, 4) is 0 Å². The summed E-state index contributed by atoms with van der Waals surface area (Å²) in [6.45, 7) is 3.58. The van der Waals surface area contributed by atoms with Crippen LogP contribution in [-0.4, -0.2) is 41.5 Å². The van der Waals surface area contributed by atoms with Crippen molar-refractivity contribution in [2.24, 2.45) is 0 Å². The van der Waals surface area contributed by atoms with E-state index in [1.807, 2.05) is 12.1 Å². The molecule has 31 heavy (non-hydrogen) atoms. The SMILES string of the molecule is c1ccc(CN2CCc3c(sc4c3c(NCc3ccncc3)nc3nnnn34)C2)cc1. The summed E-state index contributed by atoms with van der Waals surface area (Å²) in [6.07, 6.45) is 4.60. The molecule has 0 saturated carbocycles. The van der Waals surface area contributed by atoms with E-state index in [4.69, 9.17) is 4.98 Å². The molecule has 1 aliphatic rings. The summed E-state index contributed by atoms with van der Waals surface area (Å²) in [7, 11) is 0. The minimum Gasteiger partial charge on any atom is -0.365 e. The van der Waals surface area contributed by atoms with E-state index in [1.54, 1.807) is 28.2 Å². The maximum Gasteiger partial charge on any atom is 0.276 e.